The molecule has 1 aliphatic heterocycles. The molecule has 1 saturated heterocycles. The Hall–Kier alpha value is -0.940. The van der Waals surface area contributed by atoms with Gasteiger partial charge in [-0.15, -0.1) is 0 Å². The summed E-state index contributed by atoms with van der Waals surface area (Å²) in [6.45, 7) is 0.782. The molecule has 0 atom stereocenters. The zero-order valence-corrected chi connectivity index (χ0v) is 11.7. The lowest BCUT2D eigenvalue weighted by Gasteiger charge is -2.27. The van der Waals surface area contributed by atoms with Gasteiger partial charge in [-0.2, -0.15) is 0 Å². The molecule has 0 unspecified atom stereocenters. The molecule has 17 heavy (non-hydrogen) atoms. The first-order valence-electron chi connectivity index (χ1n) is 5.49. The van der Waals surface area contributed by atoms with Gasteiger partial charge in [0.05, 0.1) is 5.69 Å². The molecule has 90 valence electrons. The lowest BCUT2D eigenvalue weighted by molar-refractivity contribution is -0.119. The van der Waals surface area contributed by atoms with Crippen LogP contribution in [0.15, 0.2) is 22.7 Å². The van der Waals surface area contributed by atoms with Crippen LogP contribution in [0.1, 0.15) is 24.8 Å². The van der Waals surface area contributed by atoms with Crippen molar-refractivity contribution in [2.24, 2.45) is 5.73 Å². The molecular formula is C12H13BrN2OS. The summed E-state index contributed by atoms with van der Waals surface area (Å²) in [6, 6.07) is 5.60. The maximum atomic E-state index is 11.8. The summed E-state index contributed by atoms with van der Waals surface area (Å²) in [7, 11) is 0. The van der Waals surface area contributed by atoms with Crippen molar-refractivity contribution < 1.29 is 4.79 Å². The molecule has 3 nitrogen and oxygen atoms in total. The van der Waals surface area contributed by atoms with Crippen LogP contribution < -0.4 is 10.6 Å². The van der Waals surface area contributed by atoms with Gasteiger partial charge in [0.25, 0.3) is 0 Å². The quantitative estimate of drug-likeness (QED) is 0.854. The van der Waals surface area contributed by atoms with Crippen LogP contribution in [-0.4, -0.2) is 17.4 Å². The summed E-state index contributed by atoms with van der Waals surface area (Å²) in [5.41, 5.74) is 7.27. The number of carbonyl (C=O) groups is 1. The predicted molar refractivity (Wildman–Crippen MR) is 76.2 cm³/mol. The Morgan fingerprint density at radius 1 is 1.41 bits per heavy atom. The van der Waals surface area contributed by atoms with E-state index >= 15 is 0 Å². The van der Waals surface area contributed by atoms with Crippen molar-refractivity contribution in [3.8, 4) is 0 Å². The Balaban J connectivity index is 2.32. The van der Waals surface area contributed by atoms with Crippen molar-refractivity contribution in [1.29, 1.82) is 0 Å². The fraction of sp³-hybridized carbons (Fsp3) is 0.333. The normalized spacial score (nSPS) is 16.1. The Morgan fingerprint density at radius 3 is 2.76 bits per heavy atom. The van der Waals surface area contributed by atoms with Gasteiger partial charge >= 0.3 is 0 Å². The Kier molecular flexibility index (Phi) is 3.79. The van der Waals surface area contributed by atoms with Crippen molar-refractivity contribution >= 4 is 44.7 Å². The van der Waals surface area contributed by atoms with Crippen LogP contribution in [-0.2, 0) is 4.79 Å². The average molecular weight is 313 g/mol. The molecule has 1 heterocycles. The van der Waals surface area contributed by atoms with Crippen LogP contribution in [0.3, 0.4) is 0 Å². The Morgan fingerprint density at radius 2 is 2.18 bits per heavy atom. The minimum atomic E-state index is 0.181. The highest BCUT2D eigenvalue weighted by Gasteiger charge is 2.21. The molecule has 0 radical (unpaired) electrons. The Labute approximate surface area is 114 Å². The first kappa shape index (κ1) is 12.5. The van der Waals surface area contributed by atoms with E-state index in [0.717, 1.165) is 35.1 Å². The average Bonchev–Trinajstić information content (AvgIpc) is 2.30. The summed E-state index contributed by atoms with van der Waals surface area (Å²) in [5.74, 6) is 0.181. The number of carbonyl (C=O) groups excluding carboxylic acids is 1. The van der Waals surface area contributed by atoms with Gasteiger partial charge in [-0.1, -0.05) is 12.2 Å². The van der Waals surface area contributed by atoms with Crippen molar-refractivity contribution in [3.63, 3.8) is 0 Å². The molecule has 1 fully saturated rings. The van der Waals surface area contributed by atoms with E-state index in [1.165, 1.54) is 0 Å². The van der Waals surface area contributed by atoms with Crippen molar-refractivity contribution in [3.05, 3.63) is 28.2 Å². The molecule has 2 N–H and O–H groups in total. The predicted octanol–water partition coefficient (Wildman–Crippen LogP) is 2.60. The van der Waals surface area contributed by atoms with Gasteiger partial charge in [-0.25, -0.2) is 0 Å². The second-order valence-corrected chi connectivity index (χ2v) is 5.33. The minimum absolute atomic E-state index is 0.181. The molecule has 0 aromatic heterocycles. The summed E-state index contributed by atoms with van der Waals surface area (Å²) in [4.78, 5) is 14.0. The molecule has 1 aromatic rings. The number of nitrogens with two attached hydrogens (primary N) is 1. The monoisotopic (exact) mass is 312 g/mol. The largest absolute Gasteiger partial charge is 0.389 e. The van der Waals surface area contributed by atoms with Crippen molar-refractivity contribution in [2.45, 2.75) is 19.3 Å². The molecular weight excluding hydrogens is 300 g/mol. The summed E-state index contributed by atoms with van der Waals surface area (Å²) in [5, 5.41) is 0. The van der Waals surface area contributed by atoms with Crippen LogP contribution in [0, 0.1) is 0 Å². The van der Waals surface area contributed by atoms with Gasteiger partial charge in [0.15, 0.2) is 0 Å². The van der Waals surface area contributed by atoms with E-state index in [4.69, 9.17) is 18.0 Å². The smallest absolute Gasteiger partial charge is 0.227 e. The molecule has 1 amide bonds. The first-order valence-corrected chi connectivity index (χ1v) is 6.69. The fourth-order valence-electron chi connectivity index (χ4n) is 1.94. The standard InChI is InChI=1S/C12H13BrN2OS/c13-9-7-8(12(14)17)4-5-10(9)15-6-2-1-3-11(15)16/h4-5,7H,1-3,6H2,(H2,14,17). The lowest BCUT2D eigenvalue weighted by Crippen LogP contribution is -2.35. The SMILES string of the molecule is NC(=S)c1ccc(N2CCCCC2=O)c(Br)c1. The summed E-state index contributed by atoms with van der Waals surface area (Å²) in [6.07, 6.45) is 2.66. The number of halogens is 1. The van der Waals surface area contributed by atoms with E-state index in [1.807, 2.05) is 23.1 Å². The number of thiocarbonyl (C=S) groups is 1. The number of hydrogen-bond donors (Lipinski definition) is 1. The van der Waals surface area contributed by atoms with E-state index in [0.29, 0.717) is 11.4 Å². The number of benzene rings is 1. The lowest BCUT2D eigenvalue weighted by atomic mass is 10.1. The van der Waals surface area contributed by atoms with Crippen molar-refractivity contribution in [1.82, 2.24) is 0 Å². The molecule has 5 heteroatoms. The van der Waals surface area contributed by atoms with E-state index in [9.17, 15) is 4.79 Å². The molecule has 0 bridgehead atoms. The minimum Gasteiger partial charge on any atom is -0.389 e. The molecule has 0 saturated carbocycles. The second kappa shape index (κ2) is 5.14. The highest BCUT2D eigenvalue weighted by Crippen LogP contribution is 2.30. The number of nitrogens with zero attached hydrogens (tertiary/aromatic N) is 1. The first-order chi connectivity index (χ1) is 8.09. The number of anilines is 1. The third kappa shape index (κ3) is 2.66. The van der Waals surface area contributed by atoms with Crippen LogP contribution in [0.2, 0.25) is 0 Å². The highest BCUT2D eigenvalue weighted by molar-refractivity contribution is 9.10. The van der Waals surface area contributed by atoms with Crippen LogP contribution in [0.25, 0.3) is 0 Å². The number of hydrogen-bond acceptors (Lipinski definition) is 2. The highest BCUT2D eigenvalue weighted by atomic mass is 79.9. The van der Waals surface area contributed by atoms with Crippen LogP contribution in [0.5, 0.6) is 0 Å². The molecule has 1 aliphatic rings. The van der Waals surface area contributed by atoms with Gasteiger partial charge in [-0.3, -0.25) is 4.79 Å². The van der Waals surface area contributed by atoms with Gasteiger partial charge in [0.2, 0.25) is 5.91 Å². The van der Waals surface area contributed by atoms with E-state index < -0.39 is 0 Å². The van der Waals surface area contributed by atoms with E-state index in [-0.39, 0.29) is 5.91 Å². The third-order valence-electron chi connectivity index (χ3n) is 2.85. The van der Waals surface area contributed by atoms with Gasteiger partial charge in [0, 0.05) is 23.0 Å². The number of amides is 1. The molecule has 0 spiro atoms. The van der Waals surface area contributed by atoms with Gasteiger partial charge in [-0.05, 0) is 47.0 Å². The zero-order chi connectivity index (χ0) is 12.4. The molecule has 1 aromatic carbocycles. The maximum Gasteiger partial charge on any atom is 0.227 e. The second-order valence-electron chi connectivity index (χ2n) is 4.03. The summed E-state index contributed by atoms with van der Waals surface area (Å²) >= 11 is 8.39. The Bertz CT molecular complexity index is 476. The number of rotatable bonds is 2. The summed E-state index contributed by atoms with van der Waals surface area (Å²) < 4.78 is 0.859. The number of piperidine rings is 1. The third-order valence-corrected chi connectivity index (χ3v) is 3.72. The zero-order valence-electron chi connectivity index (χ0n) is 9.28. The maximum absolute atomic E-state index is 11.8. The van der Waals surface area contributed by atoms with Crippen LogP contribution in [0.4, 0.5) is 5.69 Å². The van der Waals surface area contributed by atoms with Gasteiger partial charge in [0.1, 0.15) is 4.99 Å². The van der Waals surface area contributed by atoms with E-state index in [1.54, 1.807) is 0 Å². The van der Waals surface area contributed by atoms with Gasteiger partial charge < -0.3 is 10.6 Å². The van der Waals surface area contributed by atoms with E-state index in [2.05, 4.69) is 15.9 Å². The fourth-order valence-corrected chi connectivity index (χ4v) is 2.66. The van der Waals surface area contributed by atoms with Crippen LogP contribution >= 0.6 is 28.1 Å². The van der Waals surface area contributed by atoms with Crippen molar-refractivity contribution in [2.75, 3.05) is 11.4 Å². The topological polar surface area (TPSA) is 46.3 Å². The molecule has 0 aliphatic carbocycles. The molecule has 2 rings (SSSR count).